The van der Waals surface area contributed by atoms with Crippen molar-refractivity contribution in [1.29, 1.82) is 0 Å². The zero-order chi connectivity index (χ0) is 10.7. The van der Waals surface area contributed by atoms with Crippen molar-refractivity contribution in [2.45, 2.75) is 34.6 Å². The van der Waals surface area contributed by atoms with Gasteiger partial charge in [-0.2, -0.15) is 0 Å². The summed E-state index contributed by atoms with van der Waals surface area (Å²) in [7, 11) is 0. The summed E-state index contributed by atoms with van der Waals surface area (Å²) in [6.07, 6.45) is 0. The molecule has 3 heteroatoms. The molecule has 0 atom stereocenters. The van der Waals surface area contributed by atoms with Crippen LogP contribution in [0.15, 0.2) is 0 Å². The summed E-state index contributed by atoms with van der Waals surface area (Å²) in [5, 5.41) is 2.57. The predicted molar refractivity (Wildman–Crippen MR) is 57.8 cm³/mol. The van der Waals surface area contributed by atoms with E-state index in [1.165, 1.54) is 26.6 Å². The van der Waals surface area contributed by atoms with E-state index in [2.05, 4.69) is 31.0 Å². The molecule has 0 fully saturated rings. The molecule has 0 heterocycles. The molecule has 0 aliphatic heterocycles. The first-order chi connectivity index (χ1) is 6.12. The van der Waals surface area contributed by atoms with Crippen LogP contribution in [0.4, 0.5) is 0 Å². The van der Waals surface area contributed by atoms with Crippen molar-refractivity contribution in [3.05, 3.63) is 0 Å². The quantitative estimate of drug-likeness (QED) is 0.725. The largest absolute Gasteiger partial charge is 0.357 e. The van der Waals surface area contributed by atoms with Gasteiger partial charge in [0.2, 0.25) is 5.91 Å². The number of nitrogens with zero attached hydrogens (tertiary/aromatic N) is 1. The van der Waals surface area contributed by atoms with Crippen LogP contribution in [0.1, 0.15) is 34.6 Å². The summed E-state index contributed by atoms with van der Waals surface area (Å²) in [5.41, 5.74) is 0. The number of carbonyl (C=O) groups is 1. The highest BCUT2D eigenvalue weighted by Gasteiger charge is 1.89. The summed E-state index contributed by atoms with van der Waals surface area (Å²) < 4.78 is 0. The molecule has 1 N–H and O–H groups in total. The highest BCUT2D eigenvalue weighted by molar-refractivity contribution is 5.72. The number of nitrogens with one attached hydrogen (secondary N) is 1. The van der Waals surface area contributed by atoms with E-state index >= 15 is 0 Å². The van der Waals surface area contributed by atoms with Crippen molar-refractivity contribution < 1.29 is 4.79 Å². The Balaban J connectivity index is 0. The van der Waals surface area contributed by atoms with E-state index in [9.17, 15) is 4.79 Å². The third-order valence-electron chi connectivity index (χ3n) is 1.77. The second-order valence-corrected chi connectivity index (χ2v) is 2.71. The molecule has 0 aromatic carbocycles. The van der Waals surface area contributed by atoms with Gasteiger partial charge in [-0.25, -0.2) is 0 Å². The van der Waals surface area contributed by atoms with Crippen molar-refractivity contribution in [2.24, 2.45) is 0 Å². The maximum absolute atomic E-state index is 9.93. The Morgan fingerprint density at radius 1 is 1.08 bits per heavy atom. The van der Waals surface area contributed by atoms with Gasteiger partial charge in [-0.3, -0.25) is 4.79 Å². The first kappa shape index (κ1) is 14.9. The molecule has 0 saturated carbocycles. The smallest absolute Gasteiger partial charge is 0.216 e. The van der Waals surface area contributed by atoms with Crippen LogP contribution in [0.5, 0.6) is 0 Å². The molecule has 0 rings (SSSR count). The van der Waals surface area contributed by atoms with Crippen molar-refractivity contribution in [2.75, 3.05) is 26.2 Å². The summed E-state index contributed by atoms with van der Waals surface area (Å²) in [6.45, 7) is 14.3. The van der Waals surface area contributed by atoms with Gasteiger partial charge in [0.25, 0.3) is 0 Å². The predicted octanol–water partition coefficient (Wildman–Crippen LogP) is 1.49. The van der Waals surface area contributed by atoms with Gasteiger partial charge in [-0.05, 0) is 26.6 Å². The second-order valence-electron chi connectivity index (χ2n) is 2.71. The van der Waals surface area contributed by atoms with Gasteiger partial charge in [0.05, 0.1) is 0 Å². The van der Waals surface area contributed by atoms with Crippen LogP contribution in [0.2, 0.25) is 0 Å². The number of rotatable bonds is 4. The summed E-state index contributed by atoms with van der Waals surface area (Å²) in [5.74, 6) is 0.0394. The summed E-state index contributed by atoms with van der Waals surface area (Å²) in [4.78, 5) is 12.3. The normalized spacial score (nSPS) is 9.08. The average Bonchev–Trinajstić information content (AvgIpc) is 2.08. The fourth-order valence-corrected chi connectivity index (χ4v) is 0.920. The molecule has 0 aliphatic carbocycles. The molecular weight excluding hydrogens is 164 g/mol. The van der Waals surface area contributed by atoms with Crippen molar-refractivity contribution in [3.63, 3.8) is 0 Å². The van der Waals surface area contributed by atoms with E-state index in [-0.39, 0.29) is 5.91 Å². The molecule has 0 aromatic heterocycles. The van der Waals surface area contributed by atoms with Crippen LogP contribution < -0.4 is 5.32 Å². The Labute approximate surface area is 82.5 Å². The summed E-state index contributed by atoms with van der Waals surface area (Å²) in [6, 6.07) is 0. The highest BCUT2D eigenvalue weighted by Crippen LogP contribution is 1.81. The minimum absolute atomic E-state index is 0.0394. The van der Waals surface area contributed by atoms with Crippen molar-refractivity contribution in [3.8, 4) is 0 Å². The van der Waals surface area contributed by atoms with E-state index in [4.69, 9.17) is 0 Å². The first-order valence-electron chi connectivity index (χ1n) is 5.08. The van der Waals surface area contributed by atoms with Crippen LogP contribution in [-0.4, -0.2) is 37.0 Å². The molecule has 0 unspecified atom stereocenters. The Morgan fingerprint density at radius 2 is 1.46 bits per heavy atom. The SMILES string of the molecule is CCN(CC)CC.CCNC(C)=O. The second kappa shape index (κ2) is 11.4. The van der Waals surface area contributed by atoms with Gasteiger partial charge in [0, 0.05) is 13.5 Å². The van der Waals surface area contributed by atoms with Gasteiger partial charge in [0.15, 0.2) is 0 Å². The van der Waals surface area contributed by atoms with Crippen molar-refractivity contribution >= 4 is 5.91 Å². The van der Waals surface area contributed by atoms with Crippen LogP contribution >= 0.6 is 0 Å². The van der Waals surface area contributed by atoms with Crippen LogP contribution in [-0.2, 0) is 4.79 Å². The Bertz CT molecular complexity index is 106. The molecule has 0 saturated heterocycles. The Kier molecular flexibility index (Phi) is 13.1. The molecule has 0 bridgehead atoms. The summed E-state index contributed by atoms with van der Waals surface area (Å²) >= 11 is 0. The lowest BCUT2D eigenvalue weighted by molar-refractivity contribution is -0.118. The lowest BCUT2D eigenvalue weighted by atomic mass is 10.5. The van der Waals surface area contributed by atoms with Gasteiger partial charge in [-0.15, -0.1) is 0 Å². The lowest BCUT2D eigenvalue weighted by Crippen LogP contribution is -2.21. The van der Waals surface area contributed by atoms with Gasteiger partial charge in [-0.1, -0.05) is 20.8 Å². The first-order valence-corrected chi connectivity index (χ1v) is 5.08. The van der Waals surface area contributed by atoms with Crippen molar-refractivity contribution in [1.82, 2.24) is 10.2 Å². The third-order valence-corrected chi connectivity index (χ3v) is 1.77. The Hall–Kier alpha value is -0.570. The maximum Gasteiger partial charge on any atom is 0.216 e. The number of carbonyl (C=O) groups excluding carboxylic acids is 1. The minimum Gasteiger partial charge on any atom is -0.357 e. The van der Waals surface area contributed by atoms with E-state index in [0.29, 0.717) is 0 Å². The van der Waals surface area contributed by atoms with Crippen LogP contribution in [0.25, 0.3) is 0 Å². The fourth-order valence-electron chi connectivity index (χ4n) is 0.920. The molecule has 3 nitrogen and oxygen atoms in total. The minimum atomic E-state index is 0.0394. The van der Waals surface area contributed by atoms with Gasteiger partial charge in [0.1, 0.15) is 0 Å². The van der Waals surface area contributed by atoms with E-state index in [1.54, 1.807) is 0 Å². The fraction of sp³-hybridized carbons (Fsp3) is 0.900. The zero-order valence-corrected chi connectivity index (χ0v) is 9.68. The highest BCUT2D eigenvalue weighted by atomic mass is 16.1. The van der Waals surface area contributed by atoms with Crippen LogP contribution in [0.3, 0.4) is 0 Å². The standard InChI is InChI=1S/C6H15N.C4H9NO/c1-4-7(5-2)6-3;1-3-5-4(2)6/h4-6H2,1-3H3;3H2,1-2H3,(H,5,6). The Morgan fingerprint density at radius 3 is 1.46 bits per heavy atom. The zero-order valence-electron chi connectivity index (χ0n) is 9.68. The number of hydrogen-bond donors (Lipinski definition) is 1. The lowest BCUT2D eigenvalue weighted by Gasteiger charge is -2.13. The van der Waals surface area contributed by atoms with E-state index in [0.717, 1.165) is 6.54 Å². The molecule has 0 spiro atoms. The molecular formula is C10H24N2O. The molecule has 0 radical (unpaired) electrons. The molecule has 1 amide bonds. The maximum atomic E-state index is 9.93. The molecule has 0 aliphatic rings. The van der Waals surface area contributed by atoms with Crippen LogP contribution in [0, 0.1) is 0 Å². The van der Waals surface area contributed by atoms with Gasteiger partial charge < -0.3 is 10.2 Å². The molecule has 80 valence electrons. The van der Waals surface area contributed by atoms with E-state index < -0.39 is 0 Å². The number of hydrogen-bond acceptors (Lipinski definition) is 2. The monoisotopic (exact) mass is 188 g/mol. The number of amides is 1. The van der Waals surface area contributed by atoms with E-state index in [1.807, 2.05) is 6.92 Å². The van der Waals surface area contributed by atoms with Gasteiger partial charge >= 0.3 is 0 Å². The third kappa shape index (κ3) is 14.3. The molecule has 0 aromatic rings. The molecule has 13 heavy (non-hydrogen) atoms. The topological polar surface area (TPSA) is 32.3 Å². The average molecular weight is 188 g/mol.